The van der Waals surface area contributed by atoms with Crippen molar-refractivity contribution in [2.45, 2.75) is 62.9 Å². The standard InChI is InChI=1S/C19H28N6S/c1-20-18(24-15-7-8-17-22-14-23-25(17)12-15)21-13-19(9-3-2-4-10-19)16-6-5-11-26-16/h5-6,11,14-15H,2-4,7-10,12-13H2,1H3,(H2,20,21,24). The highest BCUT2D eigenvalue weighted by Crippen LogP contribution is 2.41. The Hall–Kier alpha value is -1.89. The first-order chi connectivity index (χ1) is 12.8. The van der Waals surface area contributed by atoms with Gasteiger partial charge in [-0.2, -0.15) is 5.10 Å². The minimum atomic E-state index is 0.260. The summed E-state index contributed by atoms with van der Waals surface area (Å²) in [5.41, 5.74) is 0.260. The highest BCUT2D eigenvalue weighted by molar-refractivity contribution is 7.10. The molecule has 0 radical (unpaired) electrons. The second kappa shape index (κ2) is 7.78. The first-order valence-electron chi connectivity index (χ1n) is 9.67. The van der Waals surface area contributed by atoms with Gasteiger partial charge in [-0.3, -0.25) is 4.99 Å². The minimum absolute atomic E-state index is 0.260. The Labute approximate surface area is 159 Å². The summed E-state index contributed by atoms with van der Waals surface area (Å²) in [6, 6.07) is 4.84. The molecule has 2 aromatic heterocycles. The highest BCUT2D eigenvalue weighted by Gasteiger charge is 2.35. The van der Waals surface area contributed by atoms with Crippen LogP contribution in [-0.2, 0) is 18.4 Å². The van der Waals surface area contributed by atoms with Gasteiger partial charge in [-0.05, 0) is 30.7 Å². The van der Waals surface area contributed by atoms with Crippen molar-refractivity contribution in [3.63, 3.8) is 0 Å². The Kier molecular flexibility index (Phi) is 5.24. The third-order valence-electron chi connectivity index (χ3n) is 5.82. The van der Waals surface area contributed by atoms with Gasteiger partial charge in [-0.15, -0.1) is 11.3 Å². The number of aliphatic imine (C=N–C) groups is 1. The van der Waals surface area contributed by atoms with Gasteiger partial charge in [0.1, 0.15) is 12.2 Å². The molecule has 0 bridgehead atoms. The van der Waals surface area contributed by atoms with E-state index < -0.39 is 0 Å². The molecule has 2 N–H and O–H groups in total. The maximum atomic E-state index is 4.48. The molecule has 0 spiro atoms. The molecule has 140 valence electrons. The lowest BCUT2D eigenvalue weighted by Crippen LogP contribution is -2.50. The van der Waals surface area contributed by atoms with Crippen LogP contribution in [0.2, 0.25) is 0 Å². The zero-order valence-corrected chi connectivity index (χ0v) is 16.3. The van der Waals surface area contributed by atoms with E-state index in [0.717, 1.165) is 37.7 Å². The molecule has 7 heteroatoms. The number of thiophene rings is 1. The van der Waals surface area contributed by atoms with Gasteiger partial charge >= 0.3 is 0 Å². The van der Waals surface area contributed by atoms with E-state index in [4.69, 9.17) is 0 Å². The molecule has 2 aromatic rings. The second-order valence-corrected chi connectivity index (χ2v) is 8.43. The maximum absolute atomic E-state index is 4.48. The third-order valence-corrected chi connectivity index (χ3v) is 6.93. The predicted octanol–water partition coefficient (Wildman–Crippen LogP) is 2.72. The van der Waals surface area contributed by atoms with Gasteiger partial charge in [-0.25, -0.2) is 9.67 Å². The van der Waals surface area contributed by atoms with Crippen LogP contribution in [0.3, 0.4) is 0 Å². The van der Waals surface area contributed by atoms with Gasteiger partial charge in [0.25, 0.3) is 0 Å². The fourth-order valence-electron chi connectivity index (χ4n) is 4.32. The number of aryl methyl sites for hydroxylation is 1. The molecule has 0 aromatic carbocycles. The number of guanidine groups is 1. The number of rotatable bonds is 4. The molecule has 0 saturated heterocycles. The Balaban J connectivity index is 1.39. The van der Waals surface area contributed by atoms with E-state index in [2.05, 4.69) is 43.2 Å². The molecule has 1 fully saturated rings. The van der Waals surface area contributed by atoms with E-state index in [1.165, 1.54) is 37.0 Å². The smallest absolute Gasteiger partial charge is 0.191 e. The van der Waals surface area contributed by atoms with Crippen molar-refractivity contribution >= 4 is 17.3 Å². The van der Waals surface area contributed by atoms with Crippen LogP contribution < -0.4 is 10.6 Å². The van der Waals surface area contributed by atoms with Crippen LogP contribution in [0.15, 0.2) is 28.8 Å². The summed E-state index contributed by atoms with van der Waals surface area (Å²) in [4.78, 5) is 10.3. The van der Waals surface area contributed by atoms with E-state index in [1.54, 1.807) is 6.33 Å². The average molecular weight is 373 g/mol. The average Bonchev–Trinajstić information content (AvgIpc) is 3.37. The topological polar surface area (TPSA) is 67.1 Å². The van der Waals surface area contributed by atoms with Crippen LogP contribution in [0.25, 0.3) is 0 Å². The molecule has 6 nitrogen and oxygen atoms in total. The monoisotopic (exact) mass is 372 g/mol. The summed E-state index contributed by atoms with van der Waals surface area (Å²) in [6.45, 7) is 1.81. The van der Waals surface area contributed by atoms with Crippen LogP contribution in [0.4, 0.5) is 0 Å². The van der Waals surface area contributed by atoms with Crippen LogP contribution in [-0.4, -0.2) is 40.4 Å². The van der Waals surface area contributed by atoms with E-state index in [1.807, 2.05) is 23.1 Å². The predicted molar refractivity (Wildman–Crippen MR) is 106 cm³/mol. The number of aromatic nitrogens is 3. The fraction of sp³-hybridized carbons (Fsp3) is 0.632. The van der Waals surface area contributed by atoms with Gasteiger partial charge in [-0.1, -0.05) is 25.3 Å². The molecule has 0 amide bonds. The molecular weight excluding hydrogens is 344 g/mol. The van der Waals surface area contributed by atoms with Gasteiger partial charge in [0.15, 0.2) is 5.96 Å². The van der Waals surface area contributed by atoms with E-state index in [9.17, 15) is 0 Å². The van der Waals surface area contributed by atoms with Gasteiger partial charge in [0, 0.05) is 36.3 Å². The molecule has 1 unspecified atom stereocenters. The summed E-state index contributed by atoms with van der Waals surface area (Å²) in [6.07, 6.45) is 10.2. The van der Waals surface area contributed by atoms with Crippen LogP contribution >= 0.6 is 11.3 Å². The van der Waals surface area contributed by atoms with Crippen molar-refractivity contribution in [1.29, 1.82) is 0 Å². The van der Waals surface area contributed by atoms with E-state index in [0.29, 0.717) is 6.04 Å². The van der Waals surface area contributed by atoms with Gasteiger partial charge in [0.2, 0.25) is 0 Å². The van der Waals surface area contributed by atoms with Crippen molar-refractivity contribution in [3.8, 4) is 0 Å². The largest absolute Gasteiger partial charge is 0.355 e. The molecule has 3 heterocycles. The lowest BCUT2D eigenvalue weighted by Gasteiger charge is -2.37. The highest BCUT2D eigenvalue weighted by atomic mass is 32.1. The zero-order chi connectivity index (χ0) is 17.8. The Morgan fingerprint density at radius 3 is 3.04 bits per heavy atom. The molecular formula is C19H28N6S. The molecule has 1 atom stereocenters. The quantitative estimate of drug-likeness (QED) is 0.640. The first kappa shape index (κ1) is 17.5. The summed E-state index contributed by atoms with van der Waals surface area (Å²) >= 11 is 1.90. The summed E-state index contributed by atoms with van der Waals surface area (Å²) in [5, 5.41) is 13.7. The zero-order valence-electron chi connectivity index (χ0n) is 15.4. The number of nitrogens with one attached hydrogen (secondary N) is 2. The van der Waals surface area contributed by atoms with Crippen LogP contribution in [0.1, 0.15) is 49.2 Å². The fourth-order valence-corrected chi connectivity index (χ4v) is 5.30. The Bertz CT molecular complexity index is 729. The molecule has 26 heavy (non-hydrogen) atoms. The number of nitrogens with zero attached hydrogens (tertiary/aromatic N) is 4. The molecule has 4 rings (SSSR count). The third kappa shape index (κ3) is 3.63. The van der Waals surface area contributed by atoms with E-state index in [-0.39, 0.29) is 5.41 Å². The summed E-state index contributed by atoms with van der Waals surface area (Å²) in [7, 11) is 1.86. The SMILES string of the molecule is CN=C(NCC1(c2cccs2)CCCCC1)NC1CCc2ncnn2C1. The van der Waals surface area contributed by atoms with Crippen LogP contribution in [0, 0.1) is 0 Å². The lowest BCUT2D eigenvalue weighted by atomic mass is 9.73. The van der Waals surface area contributed by atoms with Gasteiger partial charge in [0.05, 0.1) is 6.54 Å². The normalized spacial score (nSPS) is 22.7. The molecule has 1 saturated carbocycles. The molecule has 1 aliphatic carbocycles. The van der Waals surface area contributed by atoms with E-state index >= 15 is 0 Å². The molecule has 1 aliphatic heterocycles. The summed E-state index contributed by atoms with van der Waals surface area (Å²) < 4.78 is 2.00. The van der Waals surface area contributed by atoms with Crippen molar-refractivity contribution in [3.05, 3.63) is 34.5 Å². The Morgan fingerprint density at radius 1 is 1.38 bits per heavy atom. The van der Waals surface area contributed by atoms with Crippen molar-refractivity contribution in [2.75, 3.05) is 13.6 Å². The second-order valence-electron chi connectivity index (χ2n) is 7.48. The number of fused-ring (bicyclic) bond motifs is 1. The van der Waals surface area contributed by atoms with Gasteiger partial charge < -0.3 is 10.6 Å². The van der Waals surface area contributed by atoms with Crippen molar-refractivity contribution in [1.82, 2.24) is 25.4 Å². The maximum Gasteiger partial charge on any atom is 0.191 e. The van der Waals surface area contributed by atoms with Crippen LogP contribution in [0.5, 0.6) is 0 Å². The number of hydrogen-bond donors (Lipinski definition) is 2. The minimum Gasteiger partial charge on any atom is -0.355 e. The van der Waals surface area contributed by atoms with Crippen molar-refractivity contribution in [2.24, 2.45) is 4.99 Å². The first-order valence-corrected chi connectivity index (χ1v) is 10.5. The summed E-state index contributed by atoms with van der Waals surface area (Å²) in [5.74, 6) is 1.99. The number of hydrogen-bond acceptors (Lipinski definition) is 4. The molecule has 2 aliphatic rings. The van der Waals surface area contributed by atoms with Crippen molar-refractivity contribution < 1.29 is 0 Å². The Morgan fingerprint density at radius 2 is 2.27 bits per heavy atom. The lowest BCUT2D eigenvalue weighted by molar-refractivity contribution is 0.295.